The first-order valence-corrected chi connectivity index (χ1v) is 6.83. The molecule has 1 unspecified atom stereocenters. The van der Waals surface area contributed by atoms with Crippen molar-refractivity contribution in [2.24, 2.45) is 0 Å². The molecule has 17 heavy (non-hydrogen) atoms. The molecule has 1 aliphatic rings. The summed E-state index contributed by atoms with van der Waals surface area (Å²) in [6.07, 6.45) is 2.26. The van der Waals surface area contributed by atoms with Gasteiger partial charge in [-0.15, -0.1) is 0 Å². The lowest BCUT2D eigenvalue weighted by Crippen LogP contribution is -2.18. The van der Waals surface area contributed by atoms with E-state index in [-0.39, 0.29) is 0 Å². The van der Waals surface area contributed by atoms with Crippen molar-refractivity contribution < 1.29 is 4.74 Å². The maximum Gasteiger partial charge on any atom is 0.123 e. The molecule has 0 saturated carbocycles. The van der Waals surface area contributed by atoms with Gasteiger partial charge >= 0.3 is 0 Å². The van der Waals surface area contributed by atoms with Gasteiger partial charge in [0.15, 0.2) is 0 Å². The van der Waals surface area contributed by atoms with Gasteiger partial charge in [0.1, 0.15) is 12.4 Å². The summed E-state index contributed by atoms with van der Waals surface area (Å²) in [5.74, 6) is 1.00. The Morgan fingerprint density at radius 2 is 2.41 bits per heavy atom. The SMILES string of the molecule is C=C(Br)COc1cccc2c1CCC2NCC. The van der Waals surface area contributed by atoms with E-state index in [2.05, 4.69) is 46.9 Å². The highest BCUT2D eigenvalue weighted by atomic mass is 79.9. The van der Waals surface area contributed by atoms with Gasteiger partial charge in [-0.05, 0) is 36.6 Å². The minimum absolute atomic E-state index is 0.491. The zero-order valence-electron chi connectivity index (χ0n) is 10.1. The van der Waals surface area contributed by atoms with Crippen LogP contribution in [0, 0.1) is 0 Å². The zero-order valence-corrected chi connectivity index (χ0v) is 11.7. The Morgan fingerprint density at radius 1 is 1.59 bits per heavy atom. The molecule has 1 aromatic rings. The fraction of sp³-hybridized carbons (Fsp3) is 0.429. The topological polar surface area (TPSA) is 21.3 Å². The van der Waals surface area contributed by atoms with Gasteiger partial charge in [0.25, 0.3) is 0 Å². The maximum absolute atomic E-state index is 5.76. The monoisotopic (exact) mass is 295 g/mol. The molecule has 1 aliphatic carbocycles. The largest absolute Gasteiger partial charge is 0.488 e. The number of hydrogen-bond donors (Lipinski definition) is 1. The molecule has 1 N–H and O–H groups in total. The molecular weight excluding hydrogens is 278 g/mol. The third-order valence-electron chi connectivity index (χ3n) is 3.06. The first kappa shape index (κ1) is 12.7. The third-order valence-corrected chi connectivity index (χ3v) is 3.29. The van der Waals surface area contributed by atoms with E-state index >= 15 is 0 Å². The summed E-state index contributed by atoms with van der Waals surface area (Å²) in [7, 11) is 0. The fourth-order valence-electron chi connectivity index (χ4n) is 2.37. The van der Waals surface area contributed by atoms with Crippen LogP contribution < -0.4 is 10.1 Å². The number of ether oxygens (including phenoxy) is 1. The van der Waals surface area contributed by atoms with Crippen LogP contribution in [0.15, 0.2) is 29.3 Å². The Hall–Kier alpha value is -0.800. The number of hydrogen-bond acceptors (Lipinski definition) is 2. The Bertz CT molecular complexity index is 417. The zero-order chi connectivity index (χ0) is 12.3. The Morgan fingerprint density at radius 3 is 3.12 bits per heavy atom. The van der Waals surface area contributed by atoms with E-state index in [1.54, 1.807) is 0 Å². The number of rotatable bonds is 5. The van der Waals surface area contributed by atoms with E-state index in [9.17, 15) is 0 Å². The Balaban J connectivity index is 2.17. The van der Waals surface area contributed by atoms with Crippen molar-refractivity contribution in [3.8, 4) is 5.75 Å². The lowest BCUT2D eigenvalue weighted by molar-refractivity contribution is 0.357. The summed E-state index contributed by atoms with van der Waals surface area (Å²) < 4.78 is 6.63. The van der Waals surface area contributed by atoms with Gasteiger partial charge in [0.2, 0.25) is 0 Å². The Labute approximate surface area is 111 Å². The molecule has 0 radical (unpaired) electrons. The maximum atomic E-state index is 5.76. The average molecular weight is 296 g/mol. The normalized spacial score (nSPS) is 17.9. The third kappa shape index (κ3) is 2.90. The van der Waals surface area contributed by atoms with Crippen molar-refractivity contribution in [2.75, 3.05) is 13.2 Å². The first-order chi connectivity index (χ1) is 8.22. The first-order valence-electron chi connectivity index (χ1n) is 6.03. The summed E-state index contributed by atoms with van der Waals surface area (Å²) >= 11 is 3.32. The van der Waals surface area contributed by atoms with E-state index in [0.29, 0.717) is 12.6 Å². The van der Waals surface area contributed by atoms with Crippen molar-refractivity contribution in [1.82, 2.24) is 5.32 Å². The summed E-state index contributed by atoms with van der Waals surface area (Å²) in [6.45, 7) is 7.47. The number of halogens is 1. The predicted molar refractivity (Wildman–Crippen MR) is 74.7 cm³/mol. The second-order valence-corrected chi connectivity index (χ2v) is 5.40. The van der Waals surface area contributed by atoms with Crippen LogP contribution in [0.3, 0.4) is 0 Å². The van der Waals surface area contributed by atoms with Gasteiger partial charge in [0, 0.05) is 10.5 Å². The van der Waals surface area contributed by atoms with Crippen molar-refractivity contribution in [1.29, 1.82) is 0 Å². The van der Waals surface area contributed by atoms with Crippen LogP contribution in [0.1, 0.15) is 30.5 Å². The van der Waals surface area contributed by atoms with Crippen molar-refractivity contribution in [3.05, 3.63) is 40.4 Å². The van der Waals surface area contributed by atoms with Gasteiger partial charge in [-0.1, -0.05) is 41.6 Å². The van der Waals surface area contributed by atoms with Crippen LogP contribution in [0.4, 0.5) is 0 Å². The standard InChI is InChI=1S/C14H18BrNO/c1-3-16-13-8-7-12-11(13)5-4-6-14(12)17-9-10(2)15/h4-6,13,16H,2-3,7-9H2,1H3. The molecule has 0 bridgehead atoms. The molecule has 0 saturated heterocycles. The molecule has 0 heterocycles. The minimum atomic E-state index is 0.491. The van der Waals surface area contributed by atoms with Gasteiger partial charge in [-0.2, -0.15) is 0 Å². The van der Waals surface area contributed by atoms with Gasteiger partial charge in [-0.25, -0.2) is 0 Å². The average Bonchev–Trinajstić information content (AvgIpc) is 2.71. The van der Waals surface area contributed by atoms with Crippen molar-refractivity contribution in [2.45, 2.75) is 25.8 Å². The minimum Gasteiger partial charge on any atom is -0.488 e. The smallest absolute Gasteiger partial charge is 0.123 e. The summed E-state index contributed by atoms with van der Waals surface area (Å²) in [6, 6.07) is 6.81. The molecule has 3 heteroatoms. The summed E-state index contributed by atoms with van der Waals surface area (Å²) in [5, 5.41) is 3.51. The fourth-order valence-corrected chi connectivity index (χ4v) is 2.48. The molecular formula is C14H18BrNO. The molecule has 0 spiro atoms. The molecule has 92 valence electrons. The van der Waals surface area contributed by atoms with Gasteiger partial charge < -0.3 is 10.1 Å². The van der Waals surface area contributed by atoms with Gasteiger partial charge in [0.05, 0.1) is 0 Å². The molecule has 0 amide bonds. The van der Waals surface area contributed by atoms with E-state index in [4.69, 9.17) is 4.74 Å². The Kier molecular flexibility index (Phi) is 4.24. The lowest BCUT2D eigenvalue weighted by Gasteiger charge is -2.14. The van der Waals surface area contributed by atoms with E-state index in [1.165, 1.54) is 17.5 Å². The highest BCUT2D eigenvalue weighted by molar-refractivity contribution is 9.11. The summed E-state index contributed by atoms with van der Waals surface area (Å²) in [5.41, 5.74) is 2.75. The second-order valence-electron chi connectivity index (χ2n) is 4.28. The van der Waals surface area contributed by atoms with Crippen LogP contribution in [0.5, 0.6) is 5.75 Å². The highest BCUT2D eigenvalue weighted by Crippen LogP contribution is 2.36. The number of fused-ring (bicyclic) bond motifs is 1. The van der Waals surface area contributed by atoms with Gasteiger partial charge in [-0.3, -0.25) is 0 Å². The lowest BCUT2D eigenvalue weighted by atomic mass is 10.1. The number of nitrogens with one attached hydrogen (secondary N) is 1. The molecule has 2 rings (SSSR count). The van der Waals surface area contributed by atoms with E-state index in [1.807, 2.05) is 6.07 Å². The molecule has 0 fully saturated rings. The second kappa shape index (κ2) is 5.69. The van der Waals surface area contributed by atoms with Crippen LogP contribution >= 0.6 is 15.9 Å². The quantitative estimate of drug-likeness (QED) is 0.897. The molecule has 0 aliphatic heterocycles. The van der Waals surface area contributed by atoms with Crippen molar-refractivity contribution >= 4 is 15.9 Å². The predicted octanol–water partition coefficient (Wildman–Crippen LogP) is 3.57. The van der Waals surface area contributed by atoms with Crippen LogP contribution in [-0.2, 0) is 6.42 Å². The van der Waals surface area contributed by atoms with E-state index in [0.717, 1.165) is 23.2 Å². The van der Waals surface area contributed by atoms with Crippen LogP contribution in [-0.4, -0.2) is 13.2 Å². The van der Waals surface area contributed by atoms with Crippen LogP contribution in [0.2, 0.25) is 0 Å². The molecule has 1 aromatic carbocycles. The number of benzene rings is 1. The van der Waals surface area contributed by atoms with Crippen LogP contribution in [0.25, 0.3) is 0 Å². The summed E-state index contributed by atoms with van der Waals surface area (Å²) in [4.78, 5) is 0. The highest BCUT2D eigenvalue weighted by Gasteiger charge is 2.24. The van der Waals surface area contributed by atoms with Crippen molar-refractivity contribution in [3.63, 3.8) is 0 Å². The van der Waals surface area contributed by atoms with E-state index < -0.39 is 0 Å². The molecule has 1 atom stereocenters. The molecule has 0 aromatic heterocycles. The molecule has 2 nitrogen and oxygen atoms in total.